The zero-order chi connectivity index (χ0) is 11.9. The van der Waals surface area contributed by atoms with E-state index in [9.17, 15) is 0 Å². The highest BCUT2D eigenvalue weighted by atomic mass is 32.1. The molecule has 0 bridgehead atoms. The van der Waals surface area contributed by atoms with Crippen molar-refractivity contribution in [3.63, 3.8) is 0 Å². The van der Waals surface area contributed by atoms with Crippen molar-refractivity contribution in [3.8, 4) is 0 Å². The van der Waals surface area contributed by atoms with Gasteiger partial charge in [-0.25, -0.2) is 0 Å². The van der Waals surface area contributed by atoms with Crippen LogP contribution in [0.5, 0.6) is 0 Å². The fourth-order valence-electron chi connectivity index (χ4n) is 1.85. The summed E-state index contributed by atoms with van der Waals surface area (Å²) < 4.78 is 1.90. The Hall–Kier alpha value is -1.53. The fourth-order valence-corrected chi connectivity index (χ4v) is 3.22. The van der Waals surface area contributed by atoms with Gasteiger partial charge in [-0.3, -0.25) is 0 Å². The largest absolute Gasteiger partial charge is 0.234 e. The van der Waals surface area contributed by atoms with E-state index in [0.717, 1.165) is 15.8 Å². The highest BCUT2D eigenvalue weighted by molar-refractivity contribution is 7.17. The Morgan fingerprint density at radius 1 is 1.28 bits per heavy atom. The van der Waals surface area contributed by atoms with Crippen molar-refractivity contribution in [3.05, 3.63) is 33.2 Å². The van der Waals surface area contributed by atoms with Gasteiger partial charge in [0, 0.05) is 10.8 Å². The quantitative estimate of drug-likeness (QED) is 0.736. The van der Waals surface area contributed by atoms with E-state index < -0.39 is 0 Å². The molecule has 0 atom stereocenters. The lowest BCUT2D eigenvalue weighted by Crippen LogP contribution is -1.92. The second-order valence-corrected chi connectivity index (χ2v) is 6.28. The minimum absolute atomic E-state index is 0.580. The summed E-state index contributed by atoms with van der Waals surface area (Å²) in [6, 6.07) is 4.14. The molecule has 0 aromatic carbocycles. The topological polar surface area (TPSA) is 43.1 Å². The van der Waals surface area contributed by atoms with E-state index in [1.165, 1.54) is 17.7 Å². The number of rotatable bonds is 3. The lowest BCUT2D eigenvalue weighted by molar-refractivity contribution is 0.823. The van der Waals surface area contributed by atoms with Crippen molar-refractivity contribution in [2.24, 2.45) is 0 Å². The number of nitrogens with zero attached hydrogens (tertiary/aromatic N) is 4. The summed E-state index contributed by atoms with van der Waals surface area (Å²) in [5.41, 5.74) is 0. The van der Waals surface area contributed by atoms with Crippen LogP contribution in [0.15, 0.2) is 17.5 Å². The van der Waals surface area contributed by atoms with Crippen LogP contribution >= 0.6 is 22.7 Å². The van der Waals surface area contributed by atoms with Crippen LogP contribution in [0.25, 0.3) is 17.1 Å². The summed E-state index contributed by atoms with van der Waals surface area (Å²) in [5.74, 6) is 1.60. The van der Waals surface area contributed by atoms with Crippen molar-refractivity contribution in [1.29, 1.82) is 0 Å². The normalized spacial score (nSPS) is 16.0. The number of hydrogen-bond acceptors (Lipinski definition) is 5. The standard InChI is InChI=1S/C12H10N4S2/c1-2-9(17-7-1)5-6-10-15-16-11(8-3-4-8)13-14-12(16)18-10/h1-2,5-8H,3-4H2. The van der Waals surface area contributed by atoms with Crippen molar-refractivity contribution in [1.82, 2.24) is 19.8 Å². The Morgan fingerprint density at radius 2 is 2.22 bits per heavy atom. The average Bonchev–Trinajstić information content (AvgIpc) is 2.80. The molecule has 6 heteroatoms. The maximum absolute atomic E-state index is 4.56. The number of thiophene rings is 1. The zero-order valence-corrected chi connectivity index (χ0v) is 11.1. The molecule has 0 N–H and O–H groups in total. The zero-order valence-electron chi connectivity index (χ0n) is 9.48. The molecule has 1 aliphatic carbocycles. The molecule has 3 aromatic heterocycles. The first-order valence-corrected chi connectivity index (χ1v) is 7.53. The fraction of sp³-hybridized carbons (Fsp3) is 0.250. The molecule has 3 aromatic rings. The lowest BCUT2D eigenvalue weighted by Gasteiger charge is -1.88. The molecule has 0 amide bonds. The second kappa shape index (κ2) is 4.00. The molecular weight excluding hydrogens is 264 g/mol. The Balaban J connectivity index is 1.69. The molecular formula is C12H10N4S2. The van der Waals surface area contributed by atoms with Crippen LogP contribution in [0.3, 0.4) is 0 Å². The van der Waals surface area contributed by atoms with Gasteiger partial charge in [0.2, 0.25) is 4.96 Å². The summed E-state index contributed by atoms with van der Waals surface area (Å²) in [6.07, 6.45) is 6.58. The molecule has 0 spiro atoms. The molecule has 1 fully saturated rings. The Bertz CT molecular complexity index is 704. The minimum Gasteiger partial charge on any atom is -0.187 e. The number of fused-ring (bicyclic) bond motifs is 1. The third kappa shape index (κ3) is 1.77. The molecule has 0 unspecified atom stereocenters. The van der Waals surface area contributed by atoms with Gasteiger partial charge >= 0.3 is 0 Å². The molecule has 0 aliphatic heterocycles. The van der Waals surface area contributed by atoms with E-state index in [1.807, 2.05) is 16.7 Å². The van der Waals surface area contributed by atoms with Crippen LogP contribution in [0, 0.1) is 0 Å². The summed E-state index contributed by atoms with van der Waals surface area (Å²) in [6.45, 7) is 0. The smallest absolute Gasteiger partial charge is 0.187 e. The highest BCUT2D eigenvalue weighted by Crippen LogP contribution is 2.39. The third-order valence-electron chi connectivity index (χ3n) is 2.91. The Kier molecular flexibility index (Phi) is 2.31. The monoisotopic (exact) mass is 274 g/mol. The molecule has 4 rings (SSSR count). The third-order valence-corrected chi connectivity index (χ3v) is 4.61. The van der Waals surface area contributed by atoms with Gasteiger partial charge in [-0.05, 0) is 36.4 Å². The maximum Gasteiger partial charge on any atom is 0.234 e. The van der Waals surface area contributed by atoms with Crippen molar-refractivity contribution >= 4 is 39.8 Å². The molecule has 18 heavy (non-hydrogen) atoms. The van der Waals surface area contributed by atoms with Crippen LogP contribution in [0.2, 0.25) is 0 Å². The van der Waals surface area contributed by atoms with Crippen LogP contribution in [-0.4, -0.2) is 19.8 Å². The highest BCUT2D eigenvalue weighted by Gasteiger charge is 2.29. The van der Waals surface area contributed by atoms with Crippen molar-refractivity contribution < 1.29 is 0 Å². The molecule has 1 saturated carbocycles. The summed E-state index contributed by atoms with van der Waals surface area (Å²) in [7, 11) is 0. The minimum atomic E-state index is 0.580. The number of hydrogen-bond donors (Lipinski definition) is 0. The Labute approximate surface area is 112 Å². The van der Waals surface area contributed by atoms with Gasteiger partial charge in [-0.1, -0.05) is 17.4 Å². The van der Waals surface area contributed by atoms with E-state index in [1.54, 1.807) is 22.7 Å². The molecule has 4 nitrogen and oxygen atoms in total. The molecule has 1 aliphatic rings. The van der Waals surface area contributed by atoms with Crippen LogP contribution in [0.4, 0.5) is 0 Å². The lowest BCUT2D eigenvalue weighted by atomic mass is 10.4. The first-order valence-electron chi connectivity index (χ1n) is 5.84. The van der Waals surface area contributed by atoms with E-state index in [0.29, 0.717) is 5.92 Å². The van der Waals surface area contributed by atoms with Gasteiger partial charge in [0.1, 0.15) is 5.01 Å². The first kappa shape index (κ1) is 10.4. The van der Waals surface area contributed by atoms with Crippen LogP contribution in [0.1, 0.15) is 34.5 Å². The SMILES string of the molecule is C(=Cc1nn2c(C3CC3)nnc2s1)c1cccs1. The molecule has 90 valence electrons. The molecule has 0 saturated heterocycles. The van der Waals surface area contributed by atoms with Crippen molar-refractivity contribution in [2.75, 3.05) is 0 Å². The van der Waals surface area contributed by atoms with Crippen LogP contribution in [-0.2, 0) is 0 Å². The van der Waals surface area contributed by atoms with Gasteiger partial charge in [-0.15, -0.1) is 21.5 Å². The molecule has 3 heterocycles. The molecule has 0 radical (unpaired) electrons. The van der Waals surface area contributed by atoms with Crippen LogP contribution < -0.4 is 0 Å². The van der Waals surface area contributed by atoms with Gasteiger partial charge in [0.05, 0.1) is 0 Å². The van der Waals surface area contributed by atoms with Gasteiger partial charge in [-0.2, -0.15) is 9.61 Å². The van der Waals surface area contributed by atoms with E-state index in [2.05, 4.69) is 32.8 Å². The maximum atomic E-state index is 4.56. The van der Waals surface area contributed by atoms with E-state index >= 15 is 0 Å². The van der Waals surface area contributed by atoms with Gasteiger partial charge in [0.15, 0.2) is 5.82 Å². The van der Waals surface area contributed by atoms with Crippen molar-refractivity contribution in [2.45, 2.75) is 18.8 Å². The van der Waals surface area contributed by atoms with Gasteiger partial charge < -0.3 is 0 Å². The van der Waals surface area contributed by atoms with E-state index in [-0.39, 0.29) is 0 Å². The summed E-state index contributed by atoms with van der Waals surface area (Å²) in [5, 5.41) is 16.0. The average molecular weight is 274 g/mol. The summed E-state index contributed by atoms with van der Waals surface area (Å²) in [4.78, 5) is 2.13. The predicted octanol–water partition coefficient (Wildman–Crippen LogP) is 3.30. The van der Waals surface area contributed by atoms with E-state index in [4.69, 9.17) is 0 Å². The Morgan fingerprint density at radius 3 is 3.00 bits per heavy atom. The second-order valence-electron chi connectivity index (χ2n) is 4.32. The number of aromatic nitrogens is 4. The predicted molar refractivity (Wildman–Crippen MR) is 73.9 cm³/mol. The summed E-state index contributed by atoms with van der Waals surface area (Å²) >= 11 is 3.31. The van der Waals surface area contributed by atoms with Gasteiger partial charge in [0.25, 0.3) is 0 Å². The first-order chi connectivity index (χ1) is 8.90.